The molecule has 0 atom stereocenters. The second kappa shape index (κ2) is 8.02. The summed E-state index contributed by atoms with van der Waals surface area (Å²) in [5.74, 6) is -0.445. The first-order chi connectivity index (χ1) is 13.0. The molecule has 0 unspecified atom stereocenters. The molecule has 3 rings (SSSR count). The van der Waals surface area contributed by atoms with Crippen LogP contribution in [0.3, 0.4) is 0 Å². The Kier molecular flexibility index (Phi) is 5.53. The number of nitrogens with zero attached hydrogens (tertiary/aromatic N) is 3. The highest BCUT2D eigenvalue weighted by atomic mass is 32.1. The molecule has 0 fully saturated rings. The number of aryl methyl sites for hydroxylation is 2. The molecule has 5 nitrogen and oxygen atoms in total. The van der Waals surface area contributed by atoms with Gasteiger partial charge in [0.25, 0.3) is 5.91 Å². The number of carbonyl (C=O) groups excluding carboxylic acids is 1. The highest BCUT2D eigenvalue weighted by molar-refractivity contribution is 7.15. The molecule has 27 heavy (non-hydrogen) atoms. The summed E-state index contributed by atoms with van der Waals surface area (Å²) in [5, 5.41) is 12.6. The SMILES string of the molecule is Cc1cnc(NC(=O)/C(C#N)=C\c2cc(C)n(Cc3ccccc3)c2C)s1. The molecule has 0 spiro atoms. The van der Waals surface area contributed by atoms with Gasteiger partial charge in [-0.1, -0.05) is 30.3 Å². The van der Waals surface area contributed by atoms with E-state index in [9.17, 15) is 10.1 Å². The number of hydrogen-bond donors (Lipinski definition) is 1. The van der Waals surface area contributed by atoms with Crippen molar-refractivity contribution in [2.45, 2.75) is 27.3 Å². The minimum atomic E-state index is -0.445. The summed E-state index contributed by atoms with van der Waals surface area (Å²) in [6.45, 7) is 6.69. The standard InChI is InChI=1S/C21H20N4OS/c1-14-9-18(16(3)25(14)13-17-7-5-4-6-8-17)10-19(11-22)20(26)24-21-23-12-15(2)27-21/h4-10,12H,13H2,1-3H3,(H,23,24,26)/b19-10-. The van der Waals surface area contributed by atoms with E-state index in [0.717, 1.165) is 28.4 Å². The van der Waals surface area contributed by atoms with Crippen LogP contribution in [0.4, 0.5) is 5.13 Å². The van der Waals surface area contributed by atoms with E-state index in [-0.39, 0.29) is 5.57 Å². The molecule has 2 heterocycles. The molecule has 0 aliphatic rings. The summed E-state index contributed by atoms with van der Waals surface area (Å²) in [5.41, 5.74) is 4.22. The highest BCUT2D eigenvalue weighted by Crippen LogP contribution is 2.21. The average Bonchev–Trinajstić information content (AvgIpc) is 3.18. The maximum Gasteiger partial charge on any atom is 0.268 e. The van der Waals surface area contributed by atoms with Gasteiger partial charge in [-0.2, -0.15) is 5.26 Å². The number of thiazole rings is 1. The smallest absolute Gasteiger partial charge is 0.268 e. The van der Waals surface area contributed by atoms with Crippen molar-refractivity contribution in [1.29, 1.82) is 5.26 Å². The van der Waals surface area contributed by atoms with Crippen LogP contribution in [0.15, 0.2) is 48.2 Å². The van der Waals surface area contributed by atoms with Crippen LogP contribution in [0.2, 0.25) is 0 Å². The van der Waals surface area contributed by atoms with Gasteiger partial charge in [0.15, 0.2) is 5.13 Å². The van der Waals surface area contributed by atoms with E-state index in [4.69, 9.17) is 0 Å². The summed E-state index contributed by atoms with van der Waals surface area (Å²) < 4.78 is 2.18. The Balaban J connectivity index is 1.85. The zero-order valence-electron chi connectivity index (χ0n) is 15.5. The van der Waals surface area contributed by atoms with Gasteiger partial charge in [-0.15, -0.1) is 11.3 Å². The lowest BCUT2D eigenvalue weighted by molar-refractivity contribution is -0.112. The van der Waals surface area contributed by atoms with Crippen molar-refractivity contribution in [3.8, 4) is 6.07 Å². The molecule has 1 amide bonds. The van der Waals surface area contributed by atoms with Gasteiger partial charge in [-0.3, -0.25) is 10.1 Å². The van der Waals surface area contributed by atoms with Crippen molar-refractivity contribution in [1.82, 2.24) is 9.55 Å². The highest BCUT2D eigenvalue weighted by Gasteiger charge is 2.14. The molecule has 0 radical (unpaired) electrons. The third-order valence-corrected chi connectivity index (χ3v) is 5.13. The average molecular weight is 376 g/mol. The van der Waals surface area contributed by atoms with Crippen molar-refractivity contribution in [3.63, 3.8) is 0 Å². The normalized spacial score (nSPS) is 11.3. The first-order valence-electron chi connectivity index (χ1n) is 8.54. The quantitative estimate of drug-likeness (QED) is 0.528. The molecular formula is C21H20N4OS. The van der Waals surface area contributed by atoms with Crippen LogP contribution in [-0.2, 0) is 11.3 Å². The Bertz CT molecular complexity index is 1040. The number of nitriles is 1. The van der Waals surface area contributed by atoms with Gasteiger partial charge in [-0.25, -0.2) is 4.98 Å². The van der Waals surface area contributed by atoms with Crippen molar-refractivity contribution in [2.75, 3.05) is 5.32 Å². The van der Waals surface area contributed by atoms with Gasteiger partial charge in [0.1, 0.15) is 11.6 Å². The number of carbonyl (C=O) groups is 1. The Morgan fingerprint density at radius 3 is 2.67 bits per heavy atom. The van der Waals surface area contributed by atoms with Crippen molar-refractivity contribution in [3.05, 3.63) is 75.6 Å². The molecule has 0 bridgehead atoms. The molecule has 0 saturated heterocycles. The van der Waals surface area contributed by atoms with Gasteiger partial charge >= 0.3 is 0 Å². The molecule has 6 heteroatoms. The van der Waals surface area contributed by atoms with Crippen LogP contribution < -0.4 is 5.32 Å². The lowest BCUT2D eigenvalue weighted by atomic mass is 10.1. The molecule has 2 aromatic heterocycles. The van der Waals surface area contributed by atoms with E-state index in [2.05, 4.69) is 27.0 Å². The number of nitrogens with one attached hydrogen (secondary N) is 1. The maximum atomic E-state index is 12.4. The summed E-state index contributed by atoms with van der Waals surface area (Å²) in [4.78, 5) is 17.5. The lowest BCUT2D eigenvalue weighted by Gasteiger charge is -2.09. The molecule has 0 saturated carbocycles. The molecule has 0 aliphatic carbocycles. The van der Waals surface area contributed by atoms with E-state index in [1.165, 1.54) is 16.9 Å². The van der Waals surface area contributed by atoms with Crippen molar-refractivity contribution in [2.24, 2.45) is 0 Å². The third kappa shape index (κ3) is 4.33. The molecule has 0 aliphatic heterocycles. The topological polar surface area (TPSA) is 70.7 Å². The number of aromatic nitrogens is 2. The minimum absolute atomic E-state index is 0.0582. The number of hydrogen-bond acceptors (Lipinski definition) is 4. The van der Waals surface area contributed by atoms with E-state index < -0.39 is 5.91 Å². The first kappa shape index (κ1) is 18.6. The van der Waals surface area contributed by atoms with E-state index >= 15 is 0 Å². The number of anilines is 1. The zero-order chi connectivity index (χ0) is 19.4. The van der Waals surface area contributed by atoms with Gasteiger partial charge in [0, 0.05) is 29.0 Å². The van der Waals surface area contributed by atoms with Crippen LogP contribution in [0, 0.1) is 32.1 Å². The Labute approximate surface area is 162 Å². The maximum absolute atomic E-state index is 12.4. The van der Waals surface area contributed by atoms with Gasteiger partial charge in [0.2, 0.25) is 0 Å². The van der Waals surface area contributed by atoms with Crippen LogP contribution in [0.25, 0.3) is 6.08 Å². The predicted octanol–water partition coefficient (Wildman–Crippen LogP) is 4.46. The van der Waals surface area contributed by atoms with Gasteiger partial charge < -0.3 is 4.57 Å². The molecule has 1 aromatic carbocycles. The number of rotatable bonds is 5. The summed E-state index contributed by atoms with van der Waals surface area (Å²) in [6.07, 6.45) is 3.33. The third-order valence-electron chi connectivity index (χ3n) is 4.30. The van der Waals surface area contributed by atoms with Crippen molar-refractivity contribution >= 4 is 28.5 Å². The Morgan fingerprint density at radius 2 is 2.04 bits per heavy atom. The summed E-state index contributed by atoms with van der Waals surface area (Å²) in [6, 6.07) is 14.2. The summed E-state index contributed by atoms with van der Waals surface area (Å²) >= 11 is 1.38. The minimum Gasteiger partial charge on any atom is -0.344 e. The zero-order valence-corrected chi connectivity index (χ0v) is 16.3. The van der Waals surface area contributed by atoms with E-state index in [1.807, 2.05) is 51.1 Å². The predicted molar refractivity (Wildman–Crippen MR) is 109 cm³/mol. The first-order valence-corrected chi connectivity index (χ1v) is 9.36. The lowest BCUT2D eigenvalue weighted by Crippen LogP contribution is -2.13. The van der Waals surface area contributed by atoms with Crippen LogP contribution in [0.1, 0.15) is 27.4 Å². The molecule has 1 N–H and O–H groups in total. The molecule has 136 valence electrons. The summed E-state index contributed by atoms with van der Waals surface area (Å²) in [7, 11) is 0. The fourth-order valence-corrected chi connectivity index (χ4v) is 3.52. The van der Waals surface area contributed by atoms with Crippen LogP contribution >= 0.6 is 11.3 Å². The Morgan fingerprint density at radius 1 is 1.30 bits per heavy atom. The largest absolute Gasteiger partial charge is 0.344 e. The monoisotopic (exact) mass is 376 g/mol. The fourth-order valence-electron chi connectivity index (χ4n) is 2.86. The van der Waals surface area contributed by atoms with Gasteiger partial charge in [0.05, 0.1) is 0 Å². The van der Waals surface area contributed by atoms with Crippen LogP contribution in [-0.4, -0.2) is 15.5 Å². The van der Waals surface area contributed by atoms with Crippen molar-refractivity contribution < 1.29 is 4.79 Å². The second-order valence-electron chi connectivity index (χ2n) is 6.30. The van der Waals surface area contributed by atoms with Crippen LogP contribution in [0.5, 0.6) is 0 Å². The number of benzene rings is 1. The number of amides is 1. The second-order valence-corrected chi connectivity index (χ2v) is 7.53. The van der Waals surface area contributed by atoms with E-state index in [0.29, 0.717) is 5.13 Å². The van der Waals surface area contributed by atoms with Gasteiger partial charge in [-0.05, 0) is 44.0 Å². The Hall–Kier alpha value is -3.17. The van der Waals surface area contributed by atoms with E-state index in [1.54, 1.807) is 12.3 Å². The molecule has 3 aromatic rings. The fraction of sp³-hybridized carbons (Fsp3) is 0.190. The molecular weight excluding hydrogens is 356 g/mol.